The highest BCUT2D eigenvalue weighted by molar-refractivity contribution is 7.89. The van der Waals surface area contributed by atoms with Crippen molar-refractivity contribution in [3.8, 4) is 0 Å². The smallest absolute Gasteiger partial charge is 0.251 e. The summed E-state index contributed by atoms with van der Waals surface area (Å²) in [4.78, 5) is 16.2. The summed E-state index contributed by atoms with van der Waals surface area (Å²) in [7, 11) is 0.275. The number of hydrogen-bond donors (Lipinski definition) is 1. The maximum Gasteiger partial charge on any atom is 0.251 e. The lowest BCUT2D eigenvalue weighted by Crippen LogP contribution is -2.36. The number of sulfonamides is 1. The van der Waals surface area contributed by atoms with E-state index in [9.17, 15) is 13.2 Å². The Kier molecular flexibility index (Phi) is 6.59. The molecule has 0 spiro atoms. The fourth-order valence-corrected chi connectivity index (χ4v) is 6.79. The Morgan fingerprint density at radius 2 is 2.06 bits per heavy atom. The number of amides is 1. The van der Waals surface area contributed by atoms with Gasteiger partial charge in [0, 0.05) is 30.1 Å². The standard InChI is InChI=1S/C22H25N3O3S3/c1-24(2)20(18-7-10-29-15-18)13-23-22(26)16-4-3-5-19(12-16)31(27,28)25-9-6-21-17(14-25)8-11-30-21/h3-5,7-8,10-12,15,20H,6,9,13-14H2,1-2H3,(H,23,26). The molecule has 1 aromatic carbocycles. The molecule has 0 fully saturated rings. The van der Waals surface area contributed by atoms with Crippen molar-refractivity contribution in [3.05, 3.63) is 74.1 Å². The molecule has 0 bridgehead atoms. The number of likely N-dealkylation sites (N-methyl/N-ethyl adjacent to an activating group) is 1. The zero-order valence-electron chi connectivity index (χ0n) is 17.4. The van der Waals surface area contributed by atoms with Gasteiger partial charge < -0.3 is 10.2 Å². The van der Waals surface area contributed by atoms with Gasteiger partial charge in [-0.2, -0.15) is 15.6 Å². The minimum Gasteiger partial charge on any atom is -0.350 e. The molecule has 0 saturated carbocycles. The van der Waals surface area contributed by atoms with Crippen molar-refractivity contribution < 1.29 is 13.2 Å². The summed E-state index contributed by atoms with van der Waals surface area (Å²) < 4.78 is 27.9. The third kappa shape index (κ3) is 4.75. The Hall–Kier alpha value is -2.04. The first kappa shape index (κ1) is 22.2. The third-order valence-electron chi connectivity index (χ3n) is 5.51. The molecule has 4 rings (SSSR count). The van der Waals surface area contributed by atoms with E-state index in [1.54, 1.807) is 40.9 Å². The third-order valence-corrected chi connectivity index (χ3v) is 9.08. The lowest BCUT2D eigenvalue weighted by molar-refractivity contribution is 0.0941. The van der Waals surface area contributed by atoms with Crippen molar-refractivity contribution in [2.45, 2.75) is 23.9 Å². The van der Waals surface area contributed by atoms with Crippen LogP contribution >= 0.6 is 22.7 Å². The molecule has 2 aromatic heterocycles. The van der Waals surface area contributed by atoms with E-state index in [1.165, 1.54) is 15.2 Å². The Morgan fingerprint density at radius 3 is 2.81 bits per heavy atom. The molecule has 1 atom stereocenters. The van der Waals surface area contributed by atoms with Crippen LogP contribution in [0.15, 0.2) is 57.4 Å². The summed E-state index contributed by atoms with van der Waals surface area (Å²) in [5.74, 6) is -0.280. The van der Waals surface area contributed by atoms with Gasteiger partial charge >= 0.3 is 0 Å². The van der Waals surface area contributed by atoms with Gasteiger partial charge in [0.2, 0.25) is 10.0 Å². The monoisotopic (exact) mass is 475 g/mol. The number of rotatable bonds is 7. The molecule has 31 heavy (non-hydrogen) atoms. The molecule has 0 aliphatic carbocycles. The molecule has 6 nitrogen and oxygen atoms in total. The van der Waals surface area contributed by atoms with Crippen LogP contribution in [-0.2, 0) is 23.0 Å². The van der Waals surface area contributed by atoms with Crippen molar-refractivity contribution in [2.75, 3.05) is 27.2 Å². The summed E-state index contributed by atoms with van der Waals surface area (Å²) in [5.41, 5.74) is 2.55. The van der Waals surface area contributed by atoms with Gasteiger partial charge in [0.05, 0.1) is 10.9 Å². The minimum absolute atomic E-state index is 0.0512. The quantitative estimate of drug-likeness (QED) is 0.567. The predicted molar refractivity (Wildman–Crippen MR) is 125 cm³/mol. The van der Waals surface area contributed by atoms with Crippen LogP contribution < -0.4 is 5.32 Å². The fourth-order valence-electron chi connectivity index (χ4n) is 3.73. The molecule has 1 unspecified atom stereocenters. The highest BCUT2D eigenvalue weighted by atomic mass is 32.2. The zero-order chi connectivity index (χ0) is 22.0. The summed E-state index contributed by atoms with van der Waals surface area (Å²) in [6.07, 6.45) is 0.723. The molecule has 0 radical (unpaired) electrons. The largest absolute Gasteiger partial charge is 0.350 e. The van der Waals surface area contributed by atoms with Crippen molar-refractivity contribution in [1.82, 2.24) is 14.5 Å². The van der Waals surface area contributed by atoms with Crippen LogP contribution in [0.1, 0.15) is 32.4 Å². The summed E-state index contributed by atoms with van der Waals surface area (Å²) in [5, 5.41) is 9.04. The van der Waals surface area contributed by atoms with Crippen molar-refractivity contribution in [3.63, 3.8) is 0 Å². The van der Waals surface area contributed by atoms with E-state index in [0.29, 0.717) is 25.2 Å². The second-order valence-corrected chi connectivity index (χ2v) is 11.5. The Labute approximate surface area is 191 Å². The number of thiophene rings is 2. The van der Waals surface area contributed by atoms with Gasteiger partial charge in [-0.1, -0.05) is 6.07 Å². The SMILES string of the molecule is CN(C)C(CNC(=O)c1cccc(S(=O)(=O)N2CCc3sccc3C2)c1)c1ccsc1. The summed E-state index contributed by atoms with van der Waals surface area (Å²) >= 11 is 3.29. The molecule has 3 aromatic rings. The topological polar surface area (TPSA) is 69.7 Å². The molecule has 3 heterocycles. The van der Waals surface area contributed by atoms with Crippen LogP contribution in [0.5, 0.6) is 0 Å². The van der Waals surface area contributed by atoms with Crippen LogP contribution in [0.3, 0.4) is 0 Å². The zero-order valence-corrected chi connectivity index (χ0v) is 19.9. The molecule has 0 saturated heterocycles. The molecule has 1 aliphatic heterocycles. The molecular weight excluding hydrogens is 450 g/mol. The average Bonchev–Trinajstić information content (AvgIpc) is 3.45. The van der Waals surface area contributed by atoms with E-state index >= 15 is 0 Å². The maximum absolute atomic E-state index is 13.2. The van der Waals surface area contributed by atoms with Crippen LogP contribution in [0.4, 0.5) is 0 Å². The second-order valence-electron chi connectivity index (χ2n) is 7.73. The van der Waals surface area contributed by atoms with Crippen molar-refractivity contribution in [1.29, 1.82) is 0 Å². The van der Waals surface area contributed by atoms with E-state index in [-0.39, 0.29) is 16.8 Å². The summed E-state index contributed by atoms with van der Waals surface area (Å²) in [6, 6.07) is 10.4. The molecule has 1 N–H and O–H groups in total. The Bertz CT molecular complexity index is 1150. The van der Waals surface area contributed by atoms with Crippen molar-refractivity contribution in [2.24, 2.45) is 0 Å². The van der Waals surface area contributed by atoms with Crippen LogP contribution in [0.25, 0.3) is 0 Å². The highest BCUT2D eigenvalue weighted by Gasteiger charge is 2.29. The summed E-state index contributed by atoms with van der Waals surface area (Å²) in [6.45, 7) is 1.27. The molecular formula is C22H25N3O3S3. The van der Waals surface area contributed by atoms with Gasteiger partial charge in [-0.15, -0.1) is 11.3 Å². The average molecular weight is 476 g/mol. The fraction of sp³-hybridized carbons (Fsp3) is 0.318. The Balaban J connectivity index is 1.48. The first-order chi connectivity index (χ1) is 14.9. The number of nitrogens with zero attached hydrogens (tertiary/aromatic N) is 2. The van der Waals surface area contributed by atoms with Crippen LogP contribution in [0, 0.1) is 0 Å². The van der Waals surface area contributed by atoms with E-state index in [1.807, 2.05) is 37.0 Å². The highest BCUT2D eigenvalue weighted by Crippen LogP contribution is 2.28. The molecule has 164 valence electrons. The van der Waals surface area contributed by atoms with E-state index in [2.05, 4.69) is 15.6 Å². The van der Waals surface area contributed by atoms with Gasteiger partial charge in [0.25, 0.3) is 5.91 Å². The predicted octanol–water partition coefficient (Wildman–Crippen LogP) is 3.59. The Morgan fingerprint density at radius 1 is 1.23 bits per heavy atom. The van der Waals surface area contributed by atoms with Gasteiger partial charge in [-0.05, 0) is 78.1 Å². The number of fused-ring (bicyclic) bond motifs is 1. The maximum atomic E-state index is 13.2. The lowest BCUT2D eigenvalue weighted by Gasteiger charge is -2.26. The van der Waals surface area contributed by atoms with Gasteiger partial charge in [0.1, 0.15) is 0 Å². The van der Waals surface area contributed by atoms with Crippen molar-refractivity contribution >= 4 is 38.6 Å². The minimum atomic E-state index is -3.67. The number of carbonyl (C=O) groups excluding carboxylic acids is 1. The molecule has 1 amide bonds. The van der Waals surface area contributed by atoms with E-state index in [0.717, 1.165) is 17.5 Å². The van der Waals surface area contributed by atoms with Crippen LogP contribution in [0.2, 0.25) is 0 Å². The first-order valence-corrected chi connectivity index (χ1v) is 13.2. The molecule has 1 aliphatic rings. The number of nitrogens with one attached hydrogen (secondary N) is 1. The van der Waals surface area contributed by atoms with Gasteiger partial charge in [-0.25, -0.2) is 8.42 Å². The number of hydrogen-bond acceptors (Lipinski definition) is 6. The molecule has 9 heteroatoms. The van der Waals surface area contributed by atoms with Crippen LogP contribution in [-0.4, -0.2) is 50.7 Å². The van der Waals surface area contributed by atoms with E-state index in [4.69, 9.17) is 0 Å². The normalized spacial score (nSPS) is 15.6. The van der Waals surface area contributed by atoms with Gasteiger partial charge in [-0.3, -0.25) is 4.79 Å². The lowest BCUT2D eigenvalue weighted by atomic mass is 10.1. The van der Waals surface area contributed by atoms with Gasteiger partial charge in [0.15, 0.2) is 0 Å². The number of benzene rings is 1. The van der Waals surface area contributed by atoms with E-state index < -0.39 is 10.0 Å². The second kappa shape index (κ2) is 9.22. The number of carbonyl (C=O) groups is 1. The first-order valence-electron chi connectivity index (χ1n) is 9.98.